The van der Waals surface area contributed by atoms with Gasteiger partial charge in [0.15, 0.2) is 0 Å². The molecule has 0 spiro atoms. The summed E-state index contributed by atoms with van der Waals surface area (Å²) >= 11 is 0. The van der Waals surface area contributed by atoms with Crippen LogP contribution in [0.25, 0.3) is 0 Å². The van der Waals surface area contributed by atoms with Gasteiger partial charge in [0.05, 0.1) is 12.8 Å². The lowest BCUT2D eigenvalue weighted by Crippen LogP contribution is -2.33. The van der Waals surface area contributed by atoms with Crippen LogP contribution in [0.3, 0.4) is 0 Å². The van der Waals surface area contributed by atoms with Crippen LogP contribution in [-0.2, 0) is 11.3 Å². The molecule has 1 aromatic rings. The van der Waals surface area contributed by atoms with Crippen molar-refractivity contribution in [2.24, 2.45) is 0 Å². The number of methoxy groups -OCH3 is 1. The van der Waals surface area contributed by atoms with Gasteiger partial charge in [0.2, 0.25) is 0 Å². The molecular formula is C11H22N4O. The first-order chi connectivity index (χ1) is 7.86. The van der Waals surface area contributed by atoms with Gasteiger partial charge >= 0.3 is 0 Å². The smallest absolute Gasteiger partial charge is 0.0692 e. The predicted molar refractivity (Wildman–Crippen MR) is 63.2 cm³/mol. The van der Waals surface area contributed by atoms with Gasteiger partial charge in [0.1, 0.15) is 0 Å². The summed E-state index contributed by atoms with van der Waals surface area (Å²) in [6.07, 6.45) is 6.99. The molecule has 1 N–H and O–H groups in total. The van der Waals surface area contributed by atoms with Crippen molar-refractivity contribution in [1.29, 1.82) is 0 Å². The van der Waals surface area contributed by atoms with E-state index in [9.17, 15) is 0 Å². The van der Waals surface area contributed by atoms with Crippen LogP contribution in [0.2, 0.25) is 0 Å². The standard InChI is InChI=1S/C11H22N4O/c1-3-11(10-16-2)12-6-4-5-8-15-9-7-13-14-15/h7,9,11-12H,3-6,8,10H2,1-2H3. The fourth-order valence-electron chi connectivity index (χ4n) is 1.58. The largest absolute Gasteiger partial charge is 0.383 e. The normalized spacial score (nSPS) is 12.9. The first-order valence-corrected chi connectivity index (χ1v) is 5.93. The van der Waals surface area contributed by atoms with Crippen molar-refractivity contribution in [3.05, 3.63) is 12.4 Å². The molecule has 0 bridgehead atoms. The summed E-state index contributed by atoms with van der Waals surface area (Å²) in [6, 6.07) is 0.483. The van der Waals surface area contributed by atoms with Crippen LogP contribution < -0.4 is 5.32 Å². The molecule has 0 radical (unpaired) electrons. The quantitative estimate of drug-likeness (QED) is 0.640. The van der Waals surface area contributed by atoms with E-state index in [1.54, 1.807) is 13.3 Å². The van der Waals surface area contributed by atoms with Crippen LogP contribution in [0, 0.1) is 0 Å². The maximum absolute atomic E-state index is 5.13. The minimum Gasteiger partial charge on any atom is -0.383 e. The second-order valence-electron chi connectivity index (χ2n) is 3.89. The Morgan fingerprint density at radius 2 is 2.31 bits per heavy atom. The SMILES string of the molecule is CCC(COC)NCCCCn1ccnn1. The maximum Gasteiger partial charge on any atom is 0.0692 e. The molecule has 1 unspecified atom stereocenters. The van der Waals surface area contributed by atoms with E-state index in [0.717, 1.165) is 39.0 Å². The number of aromatic nitrogens is 3. The third-order valence-corrected chi connectivity index (χ3v) is 2.58. The van der Waals surface area contributed by atoms with E-state index >= 15 is 0 Å². The lowest BCUT2D eigenvalue weighted by molar-refractivity contribution is 0.164. The van der Waals surface area contributed by atoms with E-state index in [1.165, 1.54) is 0 Å². The van der Waals surface area contributed by atoms with Crippen molar-refractivity contribution >= 4 is 0 Å². The zero-order valence-corrected chi connectivity index (χ0v) is 10.2. The van der Waals surface area contributed by atoms with Crippen molar-refractivity contribution < 1.29 is 4.74 Å². The maximum atomic E-state index is 5.13. The summed E-state index contributed by atoms with van der Waals surface area (Å²) < 4.78 is 6.99. The van der Waals surface area contributed by atoms with E-state index < -0.39 is 0 Å². The number of unbranched alkanes of at least 4 members (excludes halogenated alkanes) is 1. The Morgan fingerprint density at radius 1 is 1.44 bits per heavy atom. The minimum atomic E-state index is 0.483. The third-order valence-electron chi connectivity index (χ3n) is 2.58. The molecule has 1 atom stereocenters. The van der Waals surface area contributed by atoms with Gasteiger partial charge in [-0.2, -0.15) is 0 Å². The number of ether oxygens (including phenoxy) is 1. The van der Waals surface area contributed by atoms with Crippen molar-refractivity contribution in [2.75, 3.05) is 20.3 Å². The number of hydrogen-bond acceptors (Lipinski definition) is 4. The molecule has 0 aliphatic heterocycles. The Balaban J connectivity index is 1.98. The van der Waals surface area contributed by atoms with Gasteiger partial charge in [-0.05, 0) is 25.8 Å². The second-order valence-corrected chi connectivity index (χ2v) is 3.89. The van der Waals surface area contributed by atoms with E-state index in [4.69, 9.17) is 4.74 Å². The molecule has 0 amide bonds. The van der Waals surface area contributed by atoms with Crippen molar-refractivity contribution in [2.45, 2.75) is 38.8 Å². The Morgan fingerprint density at radius 3 is 2.94 bits per heavy atom. The molecule has 5 heteroatoms. The van der Waals surface area contributed by atoms with Gasteiger partial charge in [0, 0.05) is 25.9 Å². The Hall–Kier alpha value is -0.940. The number of nitrogens with zero attached hydrogens (tertiary/aromatic N) is 3. The fraction of sp³-hybridized carbons (Fsp3) is 0.818. The van der Waals surface area contributed by atoms with Crippen LogP contribution >= 0.6 is 0 Å². The highest BCUT2D eigenvalue weighted by Gasteiger charge is 2.03. The summed E-state index contributed by atoms with van der Waals surface area (Å²) in [4.78, 5) is 0. The van der Waals surface area contributed by atoms with Crippen molar-refractivity contribution in [1.82, 2.24) is 20.3 Å². The van der Waals surface area contributed by atoms with Crippen LogP contribution in [0.1, 0.15) is 26.2 Å². The lowest BCUT2D eigenvalue weighted by atomic mass is 10.2. The molecular weight excluding hydrogens is 204 g/mol. The number of nitrogens with one attached hydrogen (secondary N) is 1. The number of aryl methyl sites for hydroxylation is 1. The van der Waals surface area contributed by atoms with E-state index in [1.807, 2.05) is 10.9 Å². The molecule has 1 heterocycles. The summed E-state index contributed by atoms with van der Waals surface area (Å²) in [5.74, 6) is 0. The van der Waals surface area contributed by atoms with Crippen LogP contribution in [0.5, 0.6) is 0 Å². The molecule has 0 fully saturated rings. The lowest BCUT2D eigenvalue weighted by Gasteiger charge is -2.15. The Kier molecular flexibility index (Phi) is 6.76. The average molecular weight is 226 g/mol. The van der Waals surface area contributed by atoms with E-state index in [2.05, 4.69) is 22.6 Å². The monoisotopic (exact) mass is 226 g/mol. The summed E-state index contributed by atoms with van der Waals surface area (Å²) in [5.41, 5.74) is 0. The topological polar surface area (TPSA) is 52.0 Å². The van der Waals surface area contributed by atoms with Crippen molar-refractivity contribution in [3.63, 3.8) is 0 Å². The molecule has 0 aliphatic carbocycles. The Bertz CT molecular complexity index is 250. The van der Waals surface area contributed by atoms with Gasteiger partial charge < -0.3 is 10.1 Å². The first-order valence-electron chi connectivity index (χ1n) is 5.93. The predicted octanol–water partition coefficient (Wildman–Crippen LogP) is 1.07. The highest BCUT2D eigenvalue weighted by atomic mass is 16.5. The zero-order valence-electron chi connectivity index (χ0n) is 10.2. The zero-order chi connectivity index (χ0) is 11.6. The first kappa shape index (κ1) is 13.1. The minimum absolute atomic E-state index is 0.483. The molecule has 0 aromatic carbocycles. The van der Waals surface area contributed by atoms with E-state index in [-0.39, 0.29) is 0 Å². The van der Waals surface area contributed by atoms with Crippen LogP contribution in [-0.4, -0.2) is 41.3 Å². The van der Waals surface area contributed by atoms with Gasteiger partial charge in [-0.3, -0.25) is 4.68 Å². The molecule has 0 saturated heterocycles. The van der Waals surface area contributed by atoms with Gasteiger partial charge in [-0.25, -0.2) is 0 Å². The molecule has 16 heavy (non-hydrogen) atoms. The van der Waals surface area contributed by atoms with Gasteiger partial charge in [-0.1, -0.05) is 12.1 Å². The number of hydrogen-bond donors (Lipinski definition) is 1. The summed E-state index contributed by atoms with van der Waals surface area (Å²) in [5, 5.41) is 11.2. The molecule has 5 nitrogen and oxygen atoms in total. The van der Waals surface area contributed by atoms with Crippen molar-refractivity contribution in [3.8, 4) is 0 Å². The molecule has 0 aliphatic rings. The Labute approximate surface area is 97.2 Å². The molecule has 1 rings (SSSR count). The molecule has 1 aromatic heterocycles. The van der Waals surface area contributed by atoms with Crippen LogP contribution in [0.4, 0.5) is 0 Å². The average Bonchev–Trinajstić information content (AvgIpc) is 2.80. The highest BCUT2D eigenvalue weighted by Crippen LogP contribution is 1.95. The molecule has 92 valence electrons. The third kappa shape index (κ3) is 5.23. The summed E-state index contributed by atoms with van der Waals surface area (Å²) in [6.45, 7) is 4.95. The van der Waals surface area contributed by atoms with Gasteiger partial charge in [0.25, 0.3) is 0 Å². The summed E-state index contributed by atoms with van der Waals surface area (Å²) in [7, 11) is 1.75. The second kappa shape index (κ2) is 8.24. The highest BCUT2D eigenvalue weighted by molar-refractivity contribution is 4.65. The van der Waals surface area contributed by atoms with Crippen LogP contribution in [0.15, 0.2) is 12.4 Å². The molecule has 0 saturated carbocycles. The fourth-order valence-corrected chi connectivity index (χ4v) is 1.58. The number of rotatable bonds is 9. The van der Waals surface area contributed by atoms with E-state index in [0.29, 0.717) is 6.04 Å². The van der Waals surface area contributed by atoms with Gasteiger partial charge in [-0.15, -0.1) is 5.10 Å².